The Balaban J connectivity index is 1.93. The number of halogens is 1. The molecule has 2 aromatic carbocycles. The molecule has 0 saturated heterocycles. The fourth-order valence-corrected chi connectivity index (χ4v) is 2.50. The maximum atomic E-state index is 6.40. The van der Waals surface area contributed by atoms with E-state index < -0.39 is 5.38 Å². The van der Waals surface area contributed by atoms with Crippen molar-refractivity contribution >= 4 is 11.6 Å². The summed E-state index contributed by atoms with van der Waals surface area (Å²) in [6.45, 7) is 4.09. The molecule has 0 bridgehead atoms. The number of benzene rings is 2. The van der Waals surface area contributed by atoms with Crippen LogP contribution in [0, 0.1) is 13.8 Å². The van der Waals surface area contributed by atoms with E-state index in [1.807, 2.05) is 49.4 Å². The van der Waals surface area contributed by atoms with Crippen LogP contribution in [0.1, 0.15) is 28.0 Å². The lowest BCUT2D eigenvalue weighted by molar-refractivity contribution is 0.513. The third-order valence-corrected chi connectivity index (χ3v) is 3.80. The highest BCUT2D eigenvalue weighted by atomic mass is 35.5. The lowest BCUT2D eigenvalue weighted by Crippen LogP contribution is -1.92. The zero-order valence-electron chi connectivity index (χ0n) is 11.9. The summed E-state index contributed by atoms with van der Waals surface area (Å²) < 4.78 is 5.75. The van der Waals surface area contributed by atoms with Crippen LogP contribution in [0.4, 0.5) is 0 Å². The lowest BCUT2D eigenvalue weighted by atomic mass is 10.1. The Bertz CT molecular complexity index is 752. The summed E-state index contributed by atoms with van der Waals surface area (Å²) in [5, 5.41) is 7.77. The molecule has 1 aromatic heterocycles. The van der Waals surface area contributed by atoms with Gasteiger partial charge in [-0.1, -0.05) is 48.0 Å². The van der Waals surface area contributed by atoms with E-state index in [-0.39, 0.29) is 0 Å². The Morgan fingerprint density at radius 2 is 1.76 bits per heavy atom. The molecule has 0 aliphatic heterocycles. The second kappa shape index (κ2) is 5.70. The van der Waals surface area contributed by atoms with Gasteiger partial charge in [0.15, 0.2) is 0 Å². The van der Waals surface area contributed by atoms with Crippen molar-refractivity contribution in [3.63, 3.8) is 0 Å². The molecule has 3 aromatic rings. The minimum Gasteiger partial charge on any atom is -0.419 e. The fourth-order valence-electron chi connectivity index (χ4n) is 2.26. The van der Waals surface area contributed by atoms with Gasteiger partial charge in [0.1, 0.15) is 5.38 Å². The lowest BCUT2D eigenvalue weighted by Gasteiger charge is -2.04. The first-order chi connectivity index (χ1) is 10.1. The van der Waals surface area contributed by atoms with Gasteiger partial charge in [-0.15, -0.1) is 21.8 Å². The number of hydrogen-bond donors (Lipinski definition) is 0. The predicted octanol–water partition coefficient (Wildman–Crippen LogP) is 4.68. The number of aromatic nitrogens is 2. The van der Waals surface area contributed by atoms with Gasteiger partial charge in [0, 0.05) is 5.56 Å². The normalized spacial score (nSPS) is 12.3. The van der Waals surface area contributed by atoms with Gasteiger partial charge in [-0.2, -0.15) is 0 Å². The van der Waals surface area contributed by atoms with Crippen LogP contribution in [0.5, 0.6) is 0 Å². The zero-order valence-corrected chi connectivity index (χ0v) is 12.6. The molecule has 1 unspecified atom stereocenters. The largest absolute Gasteiger partial charge is 0.419 e. The molecule has 0 aliphatic rings. The van der Waals surface area contributed by atoms with E-state index in [9.17, 15) is 0 Å². The molecule has 0 fully saturated rings. The molecule has 0 aliphatic carbocycles. The van der Waals surface area contributed by atoms with Crippen LogP contribution in [-0.2, 0) is 0 Å². The summed E-state index contributed by atoms with van der Waals surface area (Å²) in [5.74, 6) is 0.918. The van der Waals surface area contributed by atoms with Crippen molar-refractivity contribution in [3.8, 4) is 11.5 Å². The Hall–Kier alpha value is -2.13. The van der Waals surface area contributed by atoms with Crippen LogP contribution in [-0.4, -0.2) is 10.2 Å². The third-order valence-electron chi connectivity index (χ3n) is 3.36. The molecule has 0 N–H and O–H groups in total. The first-order valence-electron chi connectivity index (χ1n) is 6.75. The van der Waals surface area contributed by atoms with Gasteiger partial charge in [-0.05, 0) is 31.0 Å². The summed E-state index contributed by atoms with van der Waals surface area (Å²) in [7, 11) is 0. The maximum Gasteiger partial charge on any atom is 0.248 e. The first-order valence-corrected chi connectivity index (χ1v) is 7.19. The summed E-state index contributed by atoms with van der Waals surface area (Å²) >= 11 is 6.40. The highest BCUT2D eigenvalue weighted by Crippen LogP contribution is 2.30. The quantitative estimate of drug-likeness (QED) is 0.659. The van der Waals surface area contributed by atoms with Gasteiger partial charge in [0.2, 0.25) is 11.8 Å². The molecule has 0 radical (unpaired) electrons. The smallest absolute Gasteiger partial charge is 0.248 e. The predicted molar refractivity (Wildman–Crippen MR) is 83.3 cm³/mol. The molecule has 0 saturated carbocycles. The standard InChI is InChI=1S/C17H15ClN2O/c1-11-8-9-14(12(2)10-11)16-19-20-17(21-16)15(18)13-6-4-3-5-7-13/h3-10,15H,1-2H3. The molecule has 21 heavy (non-hydrogen) atoms. The Kier molecular flexibility index (Phi) is 3.76. The van der Waals surface area contributed by atoms with E-state index in [1.54, 1.807) is 0 Å². The number of rotatable bonds is 3. The molecule has 1 heterocycles. The second-order valence-electron chi connectivity index (χ2n) is 5.04. The Morgan fingerprint density at radius 3 is 2.48 bits per heavy atom. The SMILES string of the molecule is Cc1ccc(-c2nnc(C(Cl)c3ccccc3)o2)c(C)c1. The Labute approximate surface area is 128 Å². The third kappa shape index (κ3) is 2.83. The van der Waals surface area contributed by atoms with Crippen molar-refractivity contribution in [1.29, 1.82) is 0 Å². The van der Waals surface area contributed by atoms with Crippen molar-refractivity contribution < 1.29 is 4.42 Å². The summed E-state index contributed by atoms with van der Waals surface area (Å²) in [6.07, 6.45) is 0. The molecular weight excluding hydrogens is 284 g/mol. The van der Waals surface area contributed by atoms with E-state index in [0.717, 1.165) is 16.7 Å². The molecule has 1 atom stereocenters. The van der Waals surface area contributed by atoms with E-state index in [0.29, 0.717) is 11.8 Å². The summed E-state index contributed by atoms with van der Waals surface area (Å²) in [4.78, 5) is 0. The second-order valence-corrected chi connectivity index (χ2v) is 5.47. The summed E-state index contributed by atoms with van der Waals surface area (Å²) in [5.41, 5.74) is 4.19. The van der Waals surface area contributed by atoms with Crippen molar-refractivity contribution in [3.05, 3.63) is 71.1 Å². The molecule has 106 valence electrons. The summed E-state index contributed by atoms with van der Waals surface area (Å²) in [6, 6.07) is 15.8. The van der Waals surface area contributed by atoms with E-state index in [2.05, 4.69) is 23.2 Å². The molecule has 4 heteroatoms. The number of nitrogens with zero attached hydrogens (tertiary/aromatic N) is 2. The van der Waals surface area contributed by atoms with Crippen LogP contribution >= 0.6 is 11.6 Å². The van der Waals surface area contributed by atoms with Crippen LogP contribution in [0.3, 0.4) is 0 Å². The minimum atomic E-state index is -0.432. The zero-order chi connectivity index (χ0) is 14.8. The van der Waals surface area contributed by atoms with E-state index in [4.69, 9.17) is 16.0 Å². The van der Waals surface area contributed by atoms with Crippen molar-refractivity contribution in [2.75, 3.05) is 0 Å². The molecule has 0 spiro atoms. The van der Waals surface area contributed by atoms with Gasteiger partial charge in [0.25, 0.3) is 0 Å². The molecule has 0 amide bonds. The van der Waals surface area contributed by atoms with Gasteiger partial charge in [0.05, 0.1) is 0 Å². The van der Waals surface area contributed by atoms with Crippen LogP contribution in [0.25, 0.3) is 11.5 Å². The van der Waals surface area contributed by atoms with Gasteiger partial charge < -0.3 is 4.42 Å². The van der Waals surface area contributed by atoms with Gasteiger partial charge in [-0.25, -0.2) is 0 Å². The average molecular weight is 299 g/mol. The number of alkyl halides is 1. The topological polar surface area (TPSA) is 38.9 Å². The van der Waals surface area contributed by atoms with Gasteiger partial charge >= 0.3 is 0 Å². The fraction of sp³-hybridized carbons (Fsp3) is 0.176. The highest BCUT2D eigenvalue weighted by molar-refractivity contribution is 6.22. The van der Waals surface area contributed by atoms with Crippen molar-refractivity contribution in [1.82, 2.24) is 10.2 Å². The van der Waals surface area contributed by atoms with Gasteiger partial charge in [-0.3, -0.25) is 0 Å². The number of aryl methyl sites for hydroxylation is 2. The maximum absolute atomic E-state index is 6.40. The average Bonchev–Trinajstić information content (AvgIpc) is 2.97. The van der Waals surface area contributed by atoms with Crippen molar-refractivity contribution in [2.24, 2.45) is 0 Å². The van der Waals surface area contributed by atoms with Crippen LogP contribution < -0.4 is 0 Å². The van der Waals surface area contributed by atoms with Crippen LogP contribution in [0.15, 0.2) is 52.9 Å². The van der Waals surface area contributed by atoms with E-state index in [1.165, 1.54) is 5.56 Å². The first kappa shape index (κ1) is 13.8. The number of hydrogen-bond acceptors (Lipinski definition) is 3. The molecule has 3 nitrogen and oxygen atoms in total. The monoisotopic (exact) mass is 298 g/mol. The van der Waals surface area contributed by atoms with Crippen molar-refractivity contribution in [2.45, 2.75) is 19.2 Å². The van der Waals surface area contributed by atoms with E-state index >= 15 is 0 Å². The highest BCUT2D eigenvalue weighted by Gasteiger charge is 2.19. The molecular formula is C17H15ClN2O. The van der Waals surface area contributed by atoms with Crippen LogP contribution in [0.2, 0.25) is 0 Å². The Morgan fingerprint density at radius 1 is 1.00 bits per heavy atom. The minimum absolute atomic E-state index is 0.415. The molecule has 3 rings (SSSR count).